The van der Waals surface area contributed by atoms with Crippen molar-refractivity contribution in [3.63, 3.8) is 0 Å². The fourth-order valence-corrected chi connectivity index (χ4v) is 3.50. The molecule has 0 spiro atoms. The van der Waals surface area contributed by atoms with Gasteiger partial charge in [-0.15, -0.1) is 5.10 Å². The Balaban J connectivity index is 1.73. The Bertz CT molecular complexity index is 1090. The van der Waals surface area contributed by atoms with Gasteiger partial charge < -0.3 is 15.0 Å². The van der Waals surface area contributed by atoms with Crippen molar-refractivity contribution in [2.45, 2.75) is 26.8 Å². The van der Waals surface area contributed by atoms with Crippen molar-refractivity contribution in [1.82, 2.24) is 24.9 Å². The molecule has 0 N–H and O–H groups in total. The van der Waals surface area contributed by atoms with E-state index >= 15 is 0 Å². The van der Waals surface area contributed by atoms with Gasteiger partial charge in [0.1, 0.15) is 11.9 Å². The van der Waals surface area contributed by atoms with E-state index in [-0.39, 0.29) is 17.4 Å². The van der Waals surface area contributed by atoms with E-state index in [1.807, 2.05) is 30.0 Å². The van der Waals surface area contributed by atoms with E-state index in [0.29, 0.717) is 23.5 Å². The Labute approximate surface area is 160 Å². The molecule has 0 fully saturated rings. The van der Waals surface area contributed by atoms with Crippen molar-refractivity contribution < 1.29 is 9.72 Å². The van der Waals surface area contributed by atoms with E-state index < -0.39 is 4.92 Å². The summed E-state index contributed by atoms with van der Waals surface area (Å²) in [6.45, 7) is 5.15. The Kier molecular flexibility index (Phi) is 4.34. The normalized spacial score (nSPS) is 13.1. The second-order valence-corrected chi connectivity index (χ2v) is 6.64. The maximum absolute atomic E-state index is 12.4. The molecule has 1 aromatic carbocycles. The van der Waals surface area contributed by atoms with Crippen LogP contribution in [0.4, 0.5) is 5.82 Å². The molecule has 0 unspecified atom stereocenters. The predicted molar refractivity (Wildman–Crippen MR) is 101 cm³/mol. The maximum Gasteiger partial charge on any atom is 0.389 e. The van der Waals surface area contributed by atoms with Gasteiger partial charge in [0.2, 0.25) is 0 Å². The topological polar surface area (TPSA) is 107 Å². The molecule has 142 valence electrons. The Hall–Kier alpha value is -3.62. The lowest BCUT2D eigenvalue weighted by atomic mass is 10.0. The van der Waals surface area contributed by atoms with Gasteiger partial charge in [-0.1, -0.05) is 18.2 Å². The van der Waals surface area contributed by atoms with Gasteiger partial charge in [-0.2, -0.15) is 0 Å². The van der Waals surface area contributed by atoms with Crippen LogP contribution in [0.2, 0.25) is 0 Å². The lowest BCUT2D eigenvalue weighted by molar-refractivity contribution is -0.389. The fourth-order valence-electron chi connectivity index (χ4n) is 3.50. The van der Waals surface area contributed by atoms with Crippen LogP contribution >= 0.6 is 0 Å². The third-order valence-electron chi connectivity index (χ3n) is 4.81. The molecule has 0 atom stereocenters. The molecule has 28 heavy (non-hydrogen) atoms. The van der Waals surface area contributed by atoms with Crippen LogP contribution in [0.15, 0.2) is 36.5 Å². The number of hydrogen-bond acceptors (Lipinski definition) is 6. The third-order valence-corrected chi connectivity index (χ3v) is 4.81. The zero-order valence-electron chi connectivity index (χ0n) is 15.5. The van der Waals surface area contributed by atoms with Crippen molar-refractivity contribution >= 4 is 11.7 Å². The molecule has 0 aliphatic carbocycles. The second kappa shape index (κ2) is 6.84. The molecule has 0 bridgehead atoms. The minimum absolute atomic E-state index is 0.0507. The summed E-state index contributed by atoms with van der Waals surface area (Å²) < 4.78 is 1.42. The van der Waals surface area contributed by atoms with Gasteiger partial charge in [0.25, 0.3) is 5.91 Å². The third kappa shape index (κ3) is 2.81. The first-order valence-corrected chi connectivity index (χ1v) is 8.96. The van der Waals surface area contributed by atoms with Gasteiger partial charge in [0.05, 0.1) is 5.69 Å². The summed E-state index contributed by atoms with van der Waals surface area (Å²) in [7, 11) is 0. The summed E-state index contributed by atoms with van der Waals surface area (Å²) in [6.07, 6.45) is 2.28. The highest BCUT2D eigenvalue weighted by molar-refractivity contribution is 5.99. The van der Waals surface area contributed by atoms with Crippen LogP contribution in [0.3, 0.4) is 0 Å². The minimum Gasteiger partial charge on any atom is -0.358 e. The first kappa shape index (κ1) is 17.8. The van der Waals surface area contributed by atoms with E-state index in [2.05, 4.69) is 15.3 Å². The fraction of sp³-hybridized carbons (Fsp3) is 0.263. The number of carbonyl (C=O) groups is 1. The van der Waals surface area contributed by atoms with E-state index in [1.54, 1.807) is 19.1 Å². The SMILES string of the molecule is CCCN1Cc2cc(-c3nnn(-c4cccnc4[N+](=O)[O-])c3C)ccc2C1=O. The van der Waals surface area contributed by atoms with Crippen LogP contribution in [0, 0.1) is 17.0 Å². The number of pyridine rings is 1. The molecule has 1 amide bonds. The van der Waals surface area contributed by atoms with Gasteiger partial charge in [-0.3, -0.25) is 4.79 Å². The van der Waals surface area contributed by atoms with E-state index in [4.69, 9.17) is 0 Å². The largest absolute Gasteiger partial charge is 0.389 e. The van der Waals surface area contributed by atoms with E-state index in [9.17, 15) is 14.9 Å². The molecule has 3 heterocycles. The average Bonchev–Trinajstić information content (AvgIpc) is 3.22. The predicted octanol–water partition coefficient (Wildman–Crippen LogP) is 2.91. The number of fused-ring (bicyclic) bond motifs is 1. The van der Waals surface area contributed by atoms with Crippen LogP contribution < -0.4 is 0 Å². The monoisotopic (exact) mass is 378 g/mol. The van der Waals surface area contributed by atoms with Crippen LogP contribution in [0.5, 0.6) is 0 Å². The number of hydrogen-bond donors (Lipinski definition) is 0. The summed E-state index contributed by atoms with van der Waals surface area (Å²) in [6, 6.07) is 8.80. The molecular formula is C19H18N6O3. The molecule has 1 aliphatic rings. The molecule has 1 aliphatic heterocycles. The number of amides is 1. The molecule has 0 radical (unpaired) electrons. The summed E-state index contributed by atoms with van der Waals surface area (Å²) in [4.78, 5) is 28.8. The minimum atomic E-state index is -0.542. The van der Waals surface area contributed by atoms with Gasteiger partial charge in [-0.25, -0.2) is 4.68 Å². The molecule has 4 rings (SSSR count). The Morgan fingerprint density at radius 3 is 2.86 bits per heavy atom. The number of nitrogens with zero attached hydrogens (tertiary/aromatic N) is 6. The summed E-state index contributed by atoms with van der Waals surface area (Å²) >= 11 is 0. The quantitative estimate of drug-likeness (QED) is 0.499. The highest BCUT2D eigenvalue weighted by Gasteiger charge is 2.28. The van der Waals surface area contributed by atoms with Crippen molar-refractivity contribution in [2.75, 3.05) is 6.54 Å². The van der Waals surface area contributed by atoms with Crippen molar-refractivity contribution in [3.8, 4) is 16.9 Å². The number of nitro groups is 1. The molecule has 9 nitrogen and oxygen atoms in total. The summed E-state index contributed by atoms with van der Waals surface area (Å²) in [5.74, 6) is -0.230. The van der Waals surface area contributed by atoms with Crippen molar-refractivity contribution in [2.24, 2.45) is 0 Å². The van der Waals surface area contributed by atoms with E-state index in [0.717, 1.165) is 24.1 Å². The first-order valence-electron chi connectivity index (χ1n) is 8.96. The smallest absolute Gasteiger partial charge is 0.358 e. The number of aromatic nitrogens is 4. The van der Waals surface area contributed by atoms with Gasteiger partial charge >= 0.3 is 5.82 Å². The highest BCUT2D eigenvalue weighted by Crippen LogP contribution is 2.30. The van der Waals surface area contributed by atoms with Gasteiger partial charge in [0.15, 0.2) is 5.69 Å². The van der Waals surface area contributed by atoms with Gasteiger partial charge in [0, 0.05) is 24.2 Å². The number of carbonyl (C=O) groups excluding carboxylic acids is 1. The standard InChI is InChI=1S/C19H18N6O3/c1-3-9-23-11-14-10-13(6-7-15(14)19(23)26)17-12(2)24(22-21-17)16-5-4-8-20-18(16)25(27)28/h4-8,10H,3,9,11H2,1-2H3. The number of rotatable bonds is 5. The zero-order chi connectivity index (χ0) is 19.8. The van der Waals surface area contributed by atoms with Crippen molar-refractivity contribution in [3.05, 3.63) is 63.5 Å². The molecule has 2 aromatic heterocycles. The lowest BCUT2D eigenvalue weighted by Crippen LogP contribution is -2.24. The van der Waals surface area contributed by atoms with E-state index in [1.165, 1.54) is 10.9 Å². The summed E-state index contributed by atoms with van der Waals surface area (Å²) in [5, 5.41) is 19.6. The van der Waals surface area contributed by atoms with Crippen LogP contribution in [-0.4, -0.2) is 42.3 Å². The lowest BCUT2D eigenvalue weighted by Gasteiger charge is -2.13. The zero-order valence-corrected chi connectivity index (χ0v) is 15.5. The summed E-state index contributed by atoms with van der Waals surface area (Å²) in [5.41, 5.74) is 4.02. The van der Waals surface area contributed by atoms with Crippen LogP contribution in [0.1, 0.15) is 35.0 Å². The number of benzene rings is 1. The molecule has 0 saturated heterocycles. The Morgan fingerprint density at radius 1 is 1.29 bits per heavy atom. The molecule has 3 aromatic rings. The second-order valence-electron chi connectivity index (χ2n) is 6.64. The Morgan fingerprint density at radius 2 is 2.11 bits per heavy atom. The maximum atomic E-state index is 12.4. The molecule has 0 saturated carbocycles. The average molecular weight is 378 g/mol. The van der Waals surface area contributed by atoms with Crippen LogP contribution in [0.25, 0.3) is 16.9 Å². The van der Waals surface area contributed by atoms with Crippen LogP contribution in [-0.2, 0) is 6.54 Å². The highest BCUT2D eigenvalue weighted by atomic mass is 16.6. The first-order chi connectivity index (χ1) is 13.5. The molecule has 9 heteroatoms. The van der Waals surface area contributed by atoms with Gasteiger partial charge in [-0.05, 0) is 53.1 Å². The van der Waals surface area contributed by atoms with Crippen molar-refractivity contribution in [1.29, 1.82) is 0 Å². The molecular weight excluding hydrogens is 360 g/mol.